The smallest absolute Gasteiger partial charge is 0.223 e. The zero-order valence-corrected chi connectivity index (χ0v) is 11.4. The maximum absolute atomic E-state index is 11.3. The summed E-state index contributed by atoms with van der Waals surface area (Å²) in [5.41, 5.74) is 0.607. The first-order chi connectivity index (χ1) is 8.39. The number of tetrazole rings is 1. The van der Waals surface area contributed by atoms with Crippen molar-refractivity contribution in [2.75, 3.05) is 0 Å². The van der Waals surface area contributed by atoms with E-state index >= 15 is 0 Å². The number of rotatable bonds is 3. The lowest BCUT2D eigenvalue weighted by atomic mass is 10.2. The minimum absolute atomic E-state index is 0.0278. The molecule has 0 aliphatic carbocycles. The topological polar surface area (TPSA) is 77.7 Å². The standard InChI is InChI=1S/C10H11ClN4O2S/c1-7(2)15-10(12-13-14-15)8-4-3-5-9(6-8)18(11,16)17/h3-7H,1-2H3. The van der Waals surface area contributed by atoms with Crippen LogP contribution in [-0.4, -0.2) is 28.6 Å². The van der Waals surface area contributed by atoms with Gasteiger partial charge in [0.2, 0.25) is 0 Å². The molecular formula is C10H11ClN4O2S. The number of nitrogens with zero attached hydrogens (tertiary/aromatic N) is 4. The number of hydrogen-bond donors (Lipinski definition) is 0. The van der Waals surface area contributed by atoms with Gasteiger partial charge in [-0.3, -0.25) is 0 Å². The minimum Gasteiger partial charge on any atom is -0.223 e. The first kappa shape index (κ1) is 13.0. The highest BCUT2D eigenvalue weighted by molar-refractivity contribution is 8.13. The van der Waals surface area contributed by atoms with E-state index in [0.717, 1.165) is 0 Å². The molecule has 1 aromatic carbocycles. The van der Waals surface area contributed by atoms with Crippen molar-refractivity contribution in [3.63, 3.8) is 0 Å². The van der Waals surface area contributed by atoms with Gasteiger partial charge in [0.05, 0.1) is 10.9 Å². The first-order valence-electron chi connectivity index (χ1n) is 5.22. The largest absolute Gasteiger partial charge is 0.261 e. The lowest BCUT2D eigenvalue weighted by Gasteiger charge is -2.08. The third-order valence-electron chi connectivity index (χ3n) is 2.36. The van der Waals surface area contributed by atoms with Crippen LogP contribution < -0.4 is 0 Å². The number of aromatic nitrogens is 4. The molecule has 0 fully saturated rings. The van der Waals surface area contributed by atoms with E-state index in [1.165, 1.54) is 12.1 Å². The predicted octanol–water partition coefficient (Wildman–Crippen LogP) is 1.85. The molecule has 2 rings (SSSR count). The van der Waals surface area contributed by atoms with Crippen LogP contribution in [0.4, 0.5) is 0 Å². The summed E-state index contributed by atoms with van der Waals surface area (Å²) >= 11 is 0. The van der Waals surface area contributed by atoms with Crippen LogP contribution in [0.5, 0.6) is 0 Å². The second-order valence-electron chi connectivity index (χ2n) is 4.01. The molecule has 18 heavy (non-hydrogen) atoms. The molecule has 0 unspecified atom stereocenters. The van der Waals surface area contributed by atoms with Gasteiger partial charge in [0.15, 0.2) is 5.82 Å². The summed E-state index contributed by atoms with van der Waals surface area (Å²) in [4.78, 5) is 0.0278. The summed E-state index contributed by atoms with van der Waals surface area (Å²) < 4.78 is 24.2. The van der Waals surface area contributed by atoms with Gasteiger partial charge in [-0.15, -0.1) is 5.10 Å². The molecule has 1 aromatic heterocycles. The van der Waals surface area contributed by atoms with Crippen LogP contribution in [0, 0.1) is 0 Å². The van der Waals surface area contributed by atoms with Gasteiger partial charge in [-0.2, -0.15) is 0 Å². The van der Waals surface area contributed by atoms with Crippen LogP contribution in [0.15, 0.2) is 29.2 Å². The van der Waals surface area contributed by atoms with Crippen LogP contribution >= 0.6 is 10.7 Å². The molecular weight excluding hydrogens is 276 g/mol. The third kappa shape index (κ3) is 2.51. The molecule has 1 heterocycles. The van der Waals surface area contributed by atoms with Crippen molar-refractivity contribution in [1.29, 1.82) is 0 Å². The zero-order valence-electron chi connectivity index (χ0n) is 9.78. The molecule has 0 atom stereocenters. The van der Waals surface area contributed by atoms with Crippen LogP contribution in [-0.2, 0) is 9.05 Å². The summed E-state index contributed by atoms with van der Waals surface area (Å²) in [6, 6.07) is 6.29. The minimum atomic E-state index is -3.76. The molecule has 0 saturated carbocycles. The second kappa shape index (κ2) is 4.66. The predicted molar refractivity (Wildman–Crippen MR) is 66.7 cm³/mol. The van der Waals surface area contributed by atoms with Gasteiger partial charge in [0, 0.05) is 16.2 Å². The molecule has 8 heteroatoms. The lowest BCUT2D eigenvalue weighted by Crippen LogP contribution is -2.05. The van der Waals surface area contributed by atoms with Gasteiger partial charge >= 0.3 is 0 Å². The lowest BCUT2D eigenvalue weighted by molar-refractivity contribution is 0.519. The summed E-state index contributed by atoms with van der Waals surface area (Å²) in [6.45, 7) is 3.87. The highest BCUT2D eigenvalue weighted by Crippen LogP contribution is 2.23. The molecule has 96 valence electrons. The molecule has 0 saturated heterocycles. The van der Waals surface area contributed by atoms with Gasteiger partial charge in [-0.05, 0) is 36.4 Å². The molecule has 0 aliphatic rings. The molecule has 0 aliphatic heterocycles. The van der Waals surface area contributed by atoms with E-state index in [1.54, 1.807) is 16.8 Å². The number of hydrogen-bond acceptors (Lipinski definition) is 5. The third-order valence-corrected chi connectivity index (χ3v) is 3.71. The average Bonchev–Trinajstić information content (AvgIpc) is 2.77. The second-order valence-corrected chi connectivity index (χ2v) is 6.57. The summed E-state index contributed by atoms with van der Waals surface area (Å²) in [7, 11) is 1.55. The molecule has 0 N–H and O–H groups in total. The van der Waals surface area contributed by atoms with E-state index < -0.39 is 9.05 Å². The highest BCUT2D eigenvalue weighted by atomic mass is 35.7. The Kier molecular flexibility index (Phi) is 3.36. The van der Waals surface area contributed by atoms with Crippen molar-refractivity contribution < 1.29 is 8.42 Å². The van der Waals surface area contributed by atoms with Crippen LogP contribution in [0.2, 0.25) is 0 Å². The SMILES string of the molecule is CC(C)n1nnnc1-c1cccc(S(=O)(=O)Cl)c1. The average molecular weight is 287 g/mol. The van der Waals surface area contributed by atoms with Crippen LogP contribution in [0.3, 0.4) is 0 Å². The van der Waals surface area contributed by atoms with Crippen molar-refractivity contribution in [2.45, 2.75) is 24.8 Å². The normalized spacial score (nSPS) is 12.0. The van der Waals surface area contributed by atoms with E-state index in [2.05, 4.69) is 15.5 Å². The molecule has 0 spiro atoms. The molecule has 6 nitrogen and oxygen atoms in total. The molecule has 0 bridgehead atoms. The van der Waals surface area contributed by atoms with Gasteiger partial charge < -0.3 is 0 Å². The zero-order chi connectivity index (χ0) is 13.3. The Morgan fingerprint density at radius 3 is 2.67 bits per heavy atom. The van der Waals surface area contributed by atoms with Crippen molar-refractivity contribution >= 4 is 19.7 Å². The Hall–Kier alpha value is -1.47. The molecule has 2 aromatic rings. The summed E-state index contributed by atoms with van der Waals surface area (Å²) in [5, 5.41) is 11.3. The fourth-order valence-electron chi connectivity index (χ4n) is 1.52. The monoisotopic (exact) mass is 286 g/mol. The molecule has 0 amide bonds. The van der Waals surface area contributed by atoms with E-state index in [0.29, 0.717) is 11.4 Å². The Labute approximate surface area is 109 Å². The van der Waals surface area contributed by atoms with Crippen molar-refractivity contribution in [1.82, 2.24) is 20.2 Å². The van der Waals surface area contributed by atoms with Gasteiger partial charge in [-0.25, -0.2) is 13.1 Å². The quantitative estimate of drug-likeness (QED) is 0.805. The summed E-state index contributed by atoms with van der Waals surface area (Å²) in [6.07, 6.45) is 0. The fraction of sp³-hybridized carbons (Fsp3) is 0.300. The maximum atomic E-state index is 11.3. The van der Waals surface area contributed by atoms with E-state index in [-0.39, 0.29) is 10.9 Å². The van der Waals surface area contributed by atoms with Crippen molar-refractivity contribution in [3.05, 3.63) is 24.3 Å². The van der Waals surface area contributed by atoms with Gasteiger partial charge in [0.25, 0.3) is 9.05 Å². The Bertz CT molecular complexity index is 666. The van der Waals surface area contributed by atoms with Crippen molar-refractivity contribution in [3.8, 4) is 11.4 Å². The van der Waals surface area contributed by atoms with E-state index in [1.807, 2.05) is 13.8 Å². The molecule has 0 radical (unpaired) electrons. The first-order valence-corrected chi connectivity index (χ1v) is 7.53. The van der Waals surface area contributed by atoms with Gasteiger partial charge in [-0.1, -0.05) is 12.1 Å². The summed E-state index contributed by atoms with van der Waals surface area (Å²) in [5.74, 6) is 0.507. The van der Waals surface area contributed by atoms with Gasteiger partial charge in [0.1, 0.15) is 0 Å². The fourth-order valence-corrected chi connectivity index (χ4v) is 2.32. The Morgan fingerprint density at radius 1 is 1.33 bits per heavy atom. The van der Waals surface area contributed by atoms with E-state index in [4.69, 9.17) is 10.7 Å². The van der Waals surface area contributed by atoms with E-state index in [9.17, 15) is 8.42 Å². The van der Waals surface area contributed by atoms with Crippen LogP contribution in [0.25, 0.3) is 11.4 Å². The number of benzene rings is 1. The Morgan fingerprint density at radius 2 is 2.06 bits per heavy atom. The Balaban J connectivity index is 2.55. The maximum Gasteiger partial charge on any atom is 0.261 e. The number of halogens is 1. The van der Waals surface area contributed by atoms with Crippen LogP contribution in [0.1, 0.15) is 19.9 Å². The highest BCUT2D eigenvalue weighted by Gasteiger charge is 2.15. The van der Waals surface area contributed by atoms with Crippen molar-refractivity contribution in [2.24, 2.45) is 0 Å².